The lowest BCUT2D eigenvalue weighted by Crippen LogP contribution is -2.47. The van der Waals surface area contributed by atoms with Gasteiger partial charge in [-0.15, -0.1) is 6.58 Å². The highest BCUT2D eigenvalue weighted by Gasteiger charge is 2.22. The molecule has 0 aliphatic carbocycles. The first-order valence-electron chi connectivity index (χ1n) is 11.8. The number of carbonyl (C=O) groups is 3. The Morgan fingerprint density at radius 1 is 0.943 bits per heavy atom. The highest BCUT2D eigenvalue weighted by Crippen LogP contribution is 2.26. The van der Waals surface area contributed by atoms with Crippen molar-refractivity contribution in [3.05, 3.63) is 71.8 Å². The van der Waals surface area contributed by atoms with Crippen molar-refractivity contribution in [1.82, 2.24) is 16.0 Å². The Balaban J connectivity index is 1.55. The summed E-state index contributed by atoms with van der Waals surface area (Å²) in [5.41, 5.74) is 9.58. The van der Waals surface area contributed by atoms with Gasteiger partial charge in [-0.05, 0) is 43.2 Å². The minimum atomic E-state index is -0.564. The van der Waals surface area contributed by atoms with Crippen LogP contribution in [-0.4, -0.2) is 63.7 Å². The molecule has 9 heteroatoms. The fourth-order valence-corrected chi connectivity index (χ4v) is 4.08. The Morgan fingerprint density at radius 2 is 1.60 bits per heavy atom. The van der Waals surface area contributed by atoms with E-state index in [2.05, 4.69) is 51.4 Å². The summed E-state index contributed by atoms with van der Waals surface area (Å²) in [6.07, 6.45) is 2.16. The minimum absolute atomic E-state index is 0.280. The number of nitrogens with zero attached hydrogens (tertiary/aromatic N) is 2. The van der Waals surface area contributed by atoms with E-state index in [0.717, 1.165) is 31.9 Å². The monoisotopic (exact) mass is 478 g/mol. The summed E-state index contributed by atoms with van der Waals surface area (Å²) in [5.74, 6) is -0.856. The molecule has 0 saturated carbocycles. The zero-order valence-electron chi connectivity index (χ0n) is 20.2. The molecule has 1 aliphatic rings. The van der Waals surface area contributed by atoms with Crippen molar-refractivity contribution in [3.8, 4) is 0 Å². The van der Waals surface area contributed by atoms with E-state index in [-0.39, 0.29) is 11.9 Å². The normalized spacial score (nSPS) is 13.2. The summed E-state index contributed by atoms with van der Waals surface area (Å²) in [4.78, 5) is 40.8. The van der Waals surface area contributed by atoms with Crippen molar-refractivity contribution in [2.45, 2.75) is 13.3 Å². The zero-order valence-corrected chi connectivity index (χ0v) is 20.2. The Labute approximate surface area is 206 Å². The molecule has 9 nitrogen and oxygen atoms in total. The van der Waals surface area contributed by atoms with E-state index in [9.17, 15) is 14.4 Å². The maximum absolute atomic E-state index is 12.6. The number of carbonyl (C=O) groups excluding carboxylic acids is 3. The lowest BCUT2D eigenvalue weighted by atomic mass is 10.1. The second-order valence-electron chi connectivity index (χ2n) is 8.39. The smallest absolute Gasteiger partial charge is 0.315 e. The molecule has 4 amide bonds. The molecule has 5 N–H and O–H groups in total. The number of nitrogens with one attached hydrogen (secondary N) is 3. The van der Waals surface area contributed by atoms with Gasteiger partial charge in [0.15, 0.2) is 0 Å². The lowest BCUT2D eigenvalue weighted by Gasteiger charge is -2.38. The molecule has 1 saturated heterocycles. The van der Waals surface area contributed by atoms with E-state index in [0.29, 0.717) is 37.2 Å². The maximum Gasteiger partial charge on any atom is 0.315 e. The molecule has 0 unspecified atom stereocenters. The Bertz CT molecular complexity index is 1060. The van der Waals surface area contributed by atoms with E-state index in [4.69, 9.17) is 5.73 Å². The molecule has 3 rings (SSSR count). The zero-order chi connectivity index (χ0) is 25.2. The highest BCUT2D eigenvalue weighted by molar-refractivity contribution is 6.03. The maximum atomic E-state index is 12.6. The van der Waals surface area contributed by atoms with Gasteiger partial charge in [-0.2, -0.15) is 0 Å². The molecule has 1 heterocycles. The molecule has 0 bridgehead atoms. The fraction of sp³-hybridized carbons (Fsp3) is 0.346. The van der Waals surface area contributed by atoms with Crippen LogP contribution in [0.15, 0.2) is 55.1 Å². The second-order valence-corrected chi connectivity index (χ2v) is 8.39. The molecule has 0 spiro atoms. The van der Waals surface area contributed by atoms with E-state index in [1.54, 1.807) is 24.3 Å². The van der Waals surface area contributed by atoms with Gasteiger partial charge in [-0.3, -0.25) is 9.59 Å². The summed E-state index contributed by atoms with van der Waals surface area (Å²) in [6, 6.07) is 13.1. The molecule has 0 aromatic heterocycles. The SMILES string of the molecule is C=CCNC(=O)NCCCNC(=O)c1ccc(N2CCN(c3ccccc3C)CC2)c(C(N)=O)c1. The van der Waals surface area contributed by atoms with Crippen molar-refractivity contribution < 1.29 is 14.4 Å². The summed E-state index contributed by atoms with van der Waals surface area (Å²) >= 11 is 0. The summed E-state index contributed by atoms with van der Waals surface area (Å²) in [5, 5.41) is 8.12. The van der Waals surface area contributed by atoms with Gasteiger partial charge in [0.25, 0.3) is 11.8 Å². The van der Waals surface area contributed by atoms with Crippen molar-refractivity contribution in [2.24, 2.45) is 5.73 Å². The van der Waals surface area contributed by atoms with Crippen molar-refractivity contribution in [1.29, 1.82) is 0 Å². The van der Waals surface area contributed by atoms with Crippen LogP contribution in [0.4, 0.5) is 16.2 Å². The Kier molecular flexibility index (Phi) is 9.11. The number of hydrogen-bond donors (Lipinski definition) is 4. The van der Waals surface area contributed by atoms with Gasteiger partial charge in [-0.25, -0.2) is 4.79 Å². The Morgan fingerprint density at radius 3 is 2.26 bits per heavy atom. The molecule has 0 atom stereocenters. The van der Waals surface area contributed by atoms with Crippen LogP contribution >= 0.6 is 0 Å². The molecule has 35 heavy (non-hydrogen) atoms. The number of anilines is 2. The lowest BCUT2D eigenvalue weighted by molar-refractivity contribution is 0.0953. The van der Waals surface area contributed by atoms with E-state index in [1.165, 1.54) is 11.3 Å². The number of hydrogen-bond acceptors (Lipinski definition) is 5. The van der Waals surface area contributed by atoms with Gasteiger partial charge < -0.3 is 31.5 Å². The van der Waals surface area contributed by atoms with E-state index >= 15 is 0 Å². The topological polar surface area (TPSA) is 120 Å². The summed E-state index contributed by atoms with van der Waals surface area (Å²) in [7, 11) is 0. The van der Waals surface area contributed by atoms with Crippen LogP contribution in [0.3, 0.4) is 0 Å². The van der Waals surface area contributed by atoms with Crippen LogP contribution < -0.4 is 31.5 Å². The third-order valence-corrected chi connectivity index (χ3v) is 5.93. The van der Waals surface area contributed by atoms with Gasteiger partial charge in [0, 0.05) is 62.8 Å². The van der Waals surface area contributed by atoms with Crippen LogP contribution in [0.5, 0.6) is 0 Å². The van der Waals surface area contributed by atoms with Gasteiger partial charge in [0.1, 0.15) is 0 Å². The van der Waals surface area contributed by atoms with Gasteiger partial charge >= 0.3 is 6.03 Å². The van der Waals surface area contributed by atoms with Crippen LogP contribution in [0.1, 0.15) is 32.7 Å². The first kappa shape index (κ1) is 25.6. The number of urea groups is 1. The quantitative estimate of drug-likeness (QED) is 0.308. The number of nitrogens with two attached hydrogens (primary N) is 1. The largest absolute Gasteiger partial charge is 0.368 e. The van der Waals surface area contributed by atoms with Crippen LogP contribution in [0.25, 0.3) is 0 Å². The van der Waals surface area contributed by atoms with Crippen molar-refractivity contribution in [3.63, 3.8) is 0 Å². The van der Waals surface area contributed by atoms with Crippen molar-refractivity contribution >= 4 is 29.2 Å². The van der Waals surface area contributed by atoms with E-state index < -0.39 is 5.91 Å². The molecule has 1 aliphatic heterocycles. The summed E-state index contributed by atoms with van der Waals surface area (Å²) in [6.45, 7) is 9.97. The van der Waals surface area contributed by atoms with Gasteiger partial charge in [0.05, 0.1) is 5.56 Å². The molecule has 2 aromatic carbocycles. The second kappa shape index (κ2) is 12.5. The number of aryl methyl sites for hydroxylation is 1. The first-order valence-corrected chi connectivity index (χ1v) is 11.8. The van der Waals surface area contributed by atoms with Gasteiger partial charge in [0.2, 0.25) is 0 Å². The summed E-state index contributed by atoms with van der Waals surface area (Å²) < 4.78 is 0. The van der Waals surface area contributed by atoms with Crippen LogP contribution in [0, 0.1) is 6.92 Å². The average molecular weight is 479 g/mol. The van der Waals surface area contributed by atoms with Crippen molar-refractivity contribution in [2.75, 3.05) is 55.6 Å². The van der Waals surface area contributed by atoms with Crippen LogP contribution in [-0.2, 0) is 0 Å². The number of amides is 4. The molecular formula is C26H34N6O3. The number of para-hydroxylation sites is 1. The first-order chi connectivity index (χ1) is 16.9. The third kappa shape index (κ3) is 6.99. The number of piperazine rings is 1. The molecule has 1 fully saturated rings. The van der Waals surface area contributed by atoms with Crippen LogP contribution in [0.2, 0.25) is 0 Å². The Hall–Kier alpha value is -4.01. The van der Waals surface area contributed by atoms with Gasteiger partial charge in [-0.1, -0.05) is 24.3 Å². The third-order valence-electron chi connectivity index (χ3n) is 5.93. The molecule has 186 valence electrons. The highest BCUT2D eigenvalue weighted by atomic mass is 16.2. The average Bonchev–Trinajstić information content (AvgIpc) is 2.87. The minimum Gasteiger partial charge on any atom is -0.368 e. The predicted octanol–water partition coefficient (Wildman–Crippen LogP) is 2.03. The number of rotatable bonds is 10. The van der Waals surface area contributed by atoms with E-state index in [1.807, 2.05) is 12.1 Å². The molecular weight excluding hydrogens is 444 g/mol. The number of benzene rings is 2. The molecule has 0 radical (unpaired) electrons. The molecule has 2 aromatic rings. The number of primary amides is 1. The predicted molar refractivity (Wildman–Crippen MR) is 139 cm³/mol. The fourth-order valence-electron chi connectivity index (χ4n) is 4.08. The standard InChI is InChI=1S/C26H34N6O3/c1-3-11-29-26(35)30-13-6-12-28-25(34)20-9-10-23(21(18-20)24(27)33)32-16-14-31(15-17-32)22-8-5-4-7-19(22)2/h3-5,7-10,18H,1,6,11-17H2,2H3,(H2,27,33)(H,28,34)(H2,29,30,35).